The van der Waals surface area contributed by atoms with Gasteiger partial charge in [0.15, 0.2) is 6.10 Å². The second kappa shape index (κ2) is 4.05. The van der Waals surface area contributed by atoms with Crippen LogP contribution in [0, 0.1) is 0 Å². The smallest absolute Gasteiger partial charge is 0.207 e. The number of fused-ring (bicyclic) bond motifs is 1. The zero-order chi connectivity index (χ0) is 10.8. The highest BCUT2D eigenvalue weighted by molar-refractivity contribution is 6.04. The number of hydrogen-bond acceptors (Lipinski definition) is 2. The SMILES string of the molecule is CCCC1Oc2ccc(CC)cc2C1=O. The maximum atomic E-state index is 11.9. The van der Waals surface area contributed by atoms with Crippen LogP contribution in [0.1, 0.15) is 42.6 Å². The summed E-state index contributed by atoms with van der Waals surface area (Å²) in [7, 11) is 0. The molecule has 2 nitrogen and oxygen atoms in total. The zero-order valence-corrected chi connectivity index (χ0v) is 9.25. The molecule has 0 amide bonds. The Bertz CT molecular complexity index is 382. The van der Waals surface area contributed by atoms with Crippen LogP contribution in [0.4, 0.5) is 0 Å². The highest BCUT2D eigenvalue weighted by Crippen LogP contribution is 2.31. The average Bonchev–Trinajstić information content (AvgIpc) is 2.56. The lowest BCUT2D eigenvalue weighted by atomic mass is 10.0. The summed E-state index contributed by atoms with van der Waals surface area (Å²) in [6, 6.07) is 5.91. The summed E-state index contributed by atoms with van der Waals surface area (Å²) in [5.41, 5.74) is 1.97. The molecule has 0 saturated carbocycles. The fourth-order valence-corrected chi connectivity index (χ4v) is 1.92. The van der Waals surface area contributed by atoms with Crippen LogP contribution in [0.15, 0.2) is 18.2 Å². The third-order valence-electron chi connectivity index (χ3n) is 2.83. The van der Waals surface area contributed by atoms with Crippen molar-refractivity contribution in [3.05, 3.63) is 29.3 Å². The van der Waals surface area contributed by atoms with Crippen LogP contribution in [0.3, 0.4) is 0 Å². The normalized spacial score (nSPS) is 18.8. The van der Waals surface area contributed by atoms with Crippen molar-refractivity contribution in [2.75, 3.05) is 0 Å². The highest BCUT2D eigenvalue weighted by Gasteiger charge is 2.31. The van der Waals surface area contributed by atoms with Crippen LogP contribution in [0.2, 0.25) is 0 Å². The molecular weight excluding hydrogens is 188 g/mol. The van der Waals surface area contributed by atoms with Crippen molar-refractivity contribution in [1.29, 1.82) is 0 Å². The molecule has 0 aromatic heterocycles. The summed E-state index contributed by atoms with van der Waals surface area (Å²) < 4.78 is 5.61. The van der Waals surface area contributed by atoms with E-state index in [9.17, 15) is 4.79 Å². The van der Waals surface area contributed by atoms with E-state index in [1.807, 2.05) is 18.2 Å². The third kappa shape index (κ3) is 1.76. The Balaban J connectivity index is 2.29. The van der Waals surface area contributed by atoms with Gasteiger partial charge in [0, 0.05) is 0 Å². The number of benzene rings is 1. The summed E-state index contributed by atoms with van der Waals surface area (Å²) in [6.07, 6.45) is 2.51. The summed E-state index contributed by atoms with van der Waals surface area (Å²) in [5.74, 6) is 0.915. The Labute approximate surface area is 90.3 Å². The molecule has 1 atom stereocenters. The molecule has 0 N–H and O–H groups in total. The van der Waals surface area contributed by atoms with E-state index in [2.05, 4.69) is 13.8 Å². The van der Waals surface area contributed by atoms with Crippen LogP contribution in [-0.4, -0.2) is 11.9 Å². The Kier molecular flexibility index (Phi) is 2.76. The largest absolute Gasteiger partial charge is 0.482 e. The average molecular weight is 204 g/mol. The van der Waals surface area contributed by atoms with E-state index in [0.29, 0.717) is 0 Å². The molecule has 1 unspecified atom stereocenters. The van der Waals surface area contributed by atoms with Crippen molar-refractivity contribution in [1.82, 2.24) is 0 Å². The second-order valence-electron chi connectivity index (χ2n) is 3.94. The van der Waals surface area contributed by atoms with Crippen molar-refractivity contribution in [2.45, 2.75) is 39.2 Å². The first-order valence-electron chi connectivity index (χ1n) is 5.60. The van der Waals surface area contributed by atoms with Crippen LogP contribution in [0.5, 0.6) is 5.75 Å². The van der Waals surface area contributed by atoms with E-state index in [1.165, 1.54) is 5.56 Å². The van der Waals surface area contributed by atoms with Gasteiger partial charge in [-0.2, -0.15) is 0 Å². The minimum Gasteiger partial charge on any atom is -0.482 e. The molecule has 1 heterocycles. The lowest BCUT2D eigenvalue weighted by Crippen LogP contribution is -2.19. The molecule has 0 fully saturated rings. The molecule has 1 aliphatic heterocycles. The van der Waals surface area contributed by atoms with Gasteiger partial charge in [0.2, 0.25) is 5.78 Å². The number of carbonyl (C=O) groups is 1. The molecule has 0 spiro atoms. The van der Waals surface area contributed by atoms with Gasteiger partial charge in [-0.15, -0.1) is 0 Å². The van der Waals surface area contributed by atoms with Crippen molar-refractivity contribution in [3.8, 4) is 5.75 Å². The predicted octanol–water partition coefficient (Wildman–Crippen LogP) is 2.99. The Morgan fingerprint density at radius 3 is 2.80 bits per heavy atom. The van der Waals surface area contributed by atoms with Crippen molar-refractivity contribution in [2.24, 2.45) is 0 Å². The minimum atomic E-state index is -0.239. The van der Waals surface area contributed by atoms with Gasteiger partial charge in [0.05, 0.1) is 5.56 Å². The minimum absolute atomic E-state index is 0.155. The van der Waals surface area contributed by atoms with Gasteiger partial charge in [-0.3, -0.25) is 4.79 Å². The van der Waals surface area contributed by atoms with Crippen LogP contribution >= 0.6 is 0 Å². The van der Waals surface area contributed by atoms with Gasteiger partial charge in [0.25, 0.3) is 0 Å². The van der Waals surface area contributed by atoms with E-state index in [-0.39, 0.29) is 11.9 Å². The van der Waals surface area contributed by atoms with Crippen molar-refractivity contribution >= 4 is 5.78 Å². The van der Waals surface area contributed by atoms with Gasteiger partial charge >= 0.3 is 0 Å². The molecule has 0 radical (unpaired) electrons. The monoisotopic (exact) mass is 204 g/mol. The number of ether oxygens (including phenoxy) is 1. The van der Waals surface area contributed by atoms with Crippen molar-refractivity contribution in [3.63, 3.8) is 0 Å². The van der Waals surface area contributed by atoms with Gasteiger partial charge < -0.3 is 4.74 Å². The Hall–Kier alpha value is -1.31. The topological polar surface area (TPSA) is 26.3 Å². The van der Waals surface area contributed by atoms with E-state index < -0.39 is 0 Å². The van der Waals surface area contributed by atoms with E-state index >= 15 is 0 Å². The Morgan fingerprint density at radius 1 is 1.33 bits per heavy atom. The van der Waals surface area contributed by atoms with Crippen molar-refractivity contribution < 1.29 is 9.53 Å². The zero-order valence-electron chi connectivity index (χ0n) is 9.25. The first-order chi connectivity index (χ1) is 7.26. The maximum Gasteiger partial charge on any atom is 0.207 e. The third-order valence-corrected chi connectivity index (χ3v) is 2.83. The summed E-state index contributed by atoms with van der Waals surface area (Å²) in [5, 5.41) is 0. The predicted molar refractivity (Wildman–Crippen MR) is 59.5 cm³/mol. The summed E-state index contributed by atoms with van der Waals surface area (Å²) >= 11 is 0. The van der Waals surface area contributed by atoms with Gasteiger partial charge in [-0.05, 0) is 30.5 Å². The lowest BCUT2D eigenvalue weighted by molar-refractivity contribution is 0.0845. The molecule has 80 valence electrons. The first kappa shape index (κ1) is 10.2. The lowest BCUT2D eigenvalue weighted by Gasteiger charge is -2.06. The van der Waals surface area contributed by atoms with Crippen LogP contribution < -0.4 is 4.74 Å². The molecule has 1 aromatic rings. The molecule has 15 heavy (non-hydrogen) atoms. The van der Waals surface area contributed by atoms with Gasteiger partial charge in [0.1, 0.15) is 5.75 Å². The molecule has 0 aliphatic carbocycles. The number of Topliss-reactive ketones (excluding diaryl/α,β-unsaturated/α-hetero) is 1. The van der Waals surface area contributed by atoms with Gasteiger partial charge in [-0.25, -0.2) is 0 Å². The summed E-state index contributed by atoms with van der Waals surface area (Å²) in [4.78, 5) is 11.9. The number of carbonyl (C=O) groups excluding carboxylic acids is 1. The molecule has 2 rings (SSSR count). The fourth-order valence-electron chi connectivity index (χ4n) is 1.92. The molecule has 1 aliphatic rings. The Morgan fingerprint density at radius 2 is 2.13 bits per heavy atom. The van der Waals surface area contributed by atoms with E-state index in [0.717, 1.165) is 30.6 Å². The standard InChI is InChI=1S/C13H16O2/c1-3-5-12-13(14)10-8-9(4-2)6-7-11(10)15-12/h6-8,12H,3-5H2,1-2H3. The van der Waals surface area contributed by atoms with E-state index in [1.54, 1.807) is 0 Å². The molecular formula is C13H16O2. The van der Waals surface area contributed by atoms with Crippen LogP contribution in [-0.2, 0) is 6.42 Å². The summed E-state index contributed by atoms with van der Waals surface area (Å²) in [6.45, 7) is 4.16. The van der Waals surface area contributed by atoms with E-state index in [4.69, 9.17) is 4.74 Å². The molecule has 2 heteroatoms. The number of ketones is 1. The number of aryl methyl sites for hydroxylation is 1. The molecule has 1 aromatic carbocycles. The van der Waals surface area contributed by atoms with Gasteiger partial charge in [-0.1, -0.05) is 26.3 Å². The molecule has 0 saturated heterocycles. The van der Waals surface area contributed by atoms with Crippen LogP contribution in [0.25, 0.3) is 0 Å². The second-order valence-corrected chi connectivity index (χ2v) is 3.94. The highest BCUT2D eigenvalue weighted by atomic mass is 16.5. The number of rotatable bonds is 3. The quantitative estimate of drug-likeness (QED) is 0.756. The fraction of sp³-hybridized carbons (Fsp3) is 0.462. The number of hydrogen-bond donors (Lipinski definition) is 0. The molecule has 0 bridgehead atoms. The maximum absolute atomic E-state index is 11.9. The first-order valence-corrected chi connectivity index (χ1v) is 5.60.